The zero-order valence-electron chi connectivity index (χ0n) is 16.6. The predicted molar refractivity (Wildman–Crippen MR) is 109 cm³/mol. The maximum atomic E-state index is 5.07. The summed E-state index contributed by atoms with van der Waals surface area (Å²) in [6.07, 6.45) is 2.09. The summed E-state index contributed by atoms with van der Waals surface area (Å²) in [6.45, 7) is 7.04. The number of nitrogens with one attached hydrogen (secondary N) is 2. The monoisotopic (exact) mass is 361 g/mol. The van der Waals surface area contributed by atoms with Gasteiger partial charge in [0, 0.05) is 66.1 Å². The second kappa shape index (κ2) is 11.9. The molecule has 0 saturated carbocycles. The Morgan fingerprint density at radius 1 is 1.15 bits per heavy atom. The SMILES string of the molecule is CN=C(NCCCOC)NCCCN1CCN(C)CC1c1ccccc1. The summed E-state index contributed by atoms with van der Waals surface area (Å²) in [4.78, 5) is 9.32. The molecule has 0 bridgehead atoms. The first-order chi connectivity index (χ1) is 12.7. The molecule has 1 aliphatic heterocycles. The molecule has 6 nitrogen and oxygen atoms in total. The van der Waals surface area contributed by atoms with Crippen LogP contribution in [0.5, 0.6) is 0 Å². The van der Waals surface area contributed by atoms with Crippen LogP contribution in [-0.2, 0) is 4.74 Å². The molecule has 1 unspecified atom stereocenters. The maximum Gasteiger partial charge on any atom is 0.190 e. The van der Waals surface area contributed by atoms with Crippen LogP contribution in [0.1, 0.15) is 24.4 Å². The average Bonchev–Trinajstić information content (AvgIpc) is 2.68. The molecule has 0 aliphatic carbocycles. The third kappa shape index (κ3) is 6.94. The van der Waals surface area contributed by atoms with E-state index in [1.165, 1.54) is 5.56 Å². The maximum absolute atomic E-state index is 5.07. The Kier molecular flexibility index (Phi) is 9.45. The van der Waals surface area contributed by atoms with Crippen molar-refractivity contribution in [3.05, 3.63) is 35.9 Å². The van der Waals surface area contributed by atoms with Gasteiger partial charge in [0.25, 0.3) is 0 Å². The average molecular weight is 362 g/mol. The molecule has 1 atom stereocenters. The largest absolute Gasteiger partial charge is 0.385 e. The van der Waals surface area contributed by atoms with Gasteiger partial charge in [0.1, 0.15) is 0 Å². The number of hydrogen-bond donors (Lipinski definition) is 2. The van der Waals surface area contributed by atoms with Crippen molar-refractivity contribution in [3.63, 3.8) is 0 Å². The number of ether oxygens (including phenoxy) is 1. The molecule has 1 aromatic rings. The van der Waals surface area contributed by atoms with Crippen molar-refractivity contribution in [2.45, 2.75) is 18.9 Å². The number of nitrogens with zero attached hydrogens (tertiary/aromatic N) is 3. The summed E-state index contributed by atoms with van der Waals surface area (Å²) in [6, 6.07) is 11.4. The fraction of sp³-hybridized carbons (Fsp3) is 0.650. The summed E-state index contributed by atoms with van der Waals surface area (Å²) >= 11 is 0. The molecule has 6 heteroatoms. The summed E-state index contributed by atoms with van der Waals surface area (Å²) < 4.78 is 5.07. The van der Waals surface area contributed by atoms with Crippen molar-refractivity contribution in [2.75, 3.05) is 67.1 Å². The van der Waals surface area contributed by atoms with E-state index >= 15 is 0 Å². The Labute approximate surface area is 158 Å². The first kappa shape index (κ1) is 20.7. The van der Waals surface area contributed by atoms with E-state index in [0.717, 1.165) is 64.7 Å². The van der Waals surface area contributed by atoms with Crippen molar-refractivity contribution in [3.8, 4) is 0 Å². The third-order valence-electron chi connectivity index (χ3n) is 4.83. The lowest BCUT2D eigenvalue weighted by molar-refractivity contribution is 0.0891. The summed E-state index contributed by atoms with van der Waals surface area (Å²) in [5.41, 5.74) is 1.42. The van der Waals surface area contributed by atoms with Crippen LogP contribution in [0, 0.1) is 0 Å². The number of likely N-dealkylation sites (N-methyl/N-ethyl adjacent to an activating group) is 1. The minimum atomic E-state index is 0.487. The minimum Gasteiger partial charge on any atom is -0.385 e. The van der Waals surface area contributed by atoms with Crippen LogP contribution in [0.2, 0.25) is 0 Å². The standard InChI is InChI=1S/C20H35N5O/c1-21-20(23-12-8-16-26-3)22-11-7-13-25-15-14-24(2)17-19(25)18-9-5-4-6-10-18/h4-6,9-10,19H,7-8,11-17H2,1-3H3,(H2,21,22,23). The number of methoxy groups -OCH3 is 1. The Morgan fingerprint density at radius 3 is 2.58 bits per heavy atom. The molecule has 0 spiro atoms. The Hall–Kier alpha value is -1.63. The molecule has 0 radical (unpaired) electrons. The zero-order valence-corrected chi connectivity index (χ0v) is 16.6. The van der Waals surface area contributed by atoms with E-state index in [9.17, 15) is 0 Å². The molecule has 2 rings (SSSR count). The van der Waals surface area contributed by atoms with Gasteiger partial charge in [-0.1, -0.05) is 30.3 Å². The summed E-state index contributed by atoms with van der Waals surface area (Å²) in [5, 5.41) is 6.73. The molecular weight excluding hydrogens is 326 g/mol. The van der Waals surface area contributed by atoms with Gasteiger partial charge < -0.3 is 20.3 Å². The molecule has 26 heavy (non-hydrogen) atoms. The number of piperazine rings is 1. The highest BCUT2D eigenvalue weighted by Crippen LogP contribution is 2.24. The van der Waals surface area contributed by atoms with E-state index in [1.54, 1.807) is 7.11 Å². The normalized spacial score (nSPS) is 19.5. The molecule has 0 amide bonds. The Bertz CT molecular complexity index is 522. The van der Waals surface area contributed by atoms with Gasteiger partial charge in [0.05, 0.1) is 0 Å². The number of benzene rings is 1. The van der Waals surface area contributed by atoms with Gasteiger partial charge in [-0.3, -0.25) is 9.89 Å². The van der Waals surface area contributed by atoms with Crippen molar-refractivity contribution in [1.29, 1.82) is 0 Å². The Balaban J connectivity index is 1.74. The zero-order chi connectivity index (χ0) is 18.6. The minimum absolute atomic E-state index is 0.487. The highest BCUT2D eigenvalue weighted by molar-refractivity contribution is 5.79. The number of rotatable bonds is 9. The summed E-state index contributed by atoms with van der Waals surface area (Å²) in [5.74, 6) is 0.874. The molecule has 1 heterocycles. The predicted octanol–water partition coefficient (Wildman–Crippen LogP) is 1.57. The highest BCUT2D eigenvalue weighted by Gasteiger charge is 2.25. The Morgan fingerprint density at radius 2 is 1.88 bits per heavy atom. The smallest absolute Gasteiger partial charge is 0.190 e. The first-order valence-electron chi connectivity index (χ1n) is 9.65. The molecule has 1 saturated heterocycles. The molecule has 1 aromatic carbocycles. The van der Waals surface area contributed by atoms with Crippen LogP contribution in [0.25, 0.3) is 0 Å². The molecule has 1 fully saturated rings. The molecule has 1 aliphatic rings. The number of guanidine groups is 1. The molecule has 2 N–H and O–H groups in total. The van der Waals surface area contributed by atoms with Gasteiger partial charge in [-0.25, -0.2) is 0 Å². The van der Waals surface area contributed by atoms with Crippen molar-refractivity contribution >= 4 is 5.96 Å². The lowest BCUT2D eigenvalue weighted by Crippen LogP contribution is -2.47. The van der Waals surface area contributed by atoms with Gasteiger partial charge in [0.15, 0.2) is 5.96 Å². The van der Waals surface area contributed by atoms with E-state index in [1.807, 2.05) is 7.05 Å². The van der Waals surface area contributed by atoms with Crippen LogP contribution in [0.3, 0.4) is 0 Å². The quantitative estimate of drug-likeness (QED) is 0.397. The van der Waals surface area contributed by atoms with E-state index in [0.29, 0.717) is 6.04 Å². The van der Waals surface area contributed by atoms with Crippen molar-refractivity contribution in [1.82, 2.24) is 20.4 Å². The second-order valence-electron chi connectivity index (χ2n) is 6.85. The van der Waals surface area contributed by atoms with Gasteiger partial charge in [-0.15, -0.1) is 0 Å². The summed E-state index contributed by atoms with van der Waals surface area (Å²) in [7, 11) is 5.76. The second-order valence-corrected chi connectivity index (χ2v) is 6.85. The van der Waals surface area contributed by atoms with Gasteiger partial charge in [-0.2, -0.15) is 0 Å². The van der Waals surface area contributed by atoms with Gasteiger partial charge in [-0.05, 0) is 25.5 Å². The fourth-order valence-electron chi connectivity index (χ4n) is 3.35. The van der Waals surface area contributed by atoms with Gasteiger partial charge in [0.2, 0.25) is 0 Å². The van der Waals surface area contributed by atoms with Crippen molar-refractivity contribution in [2.24, 2.45) is 4.99 Å². The number of hydrogen-bond acceptors (Lipinski definition) is 4. The van der Waals surface area contributed by atoms with Crippen LogP contribution < -0.4 is 10.6 Å². The number of aliphatic imine (C=N–C) groups is 1. The molecule has 0 aromatic heterocycles. The van der Waals surface area contributed by atoms with E-state index in [2.05, 4.69) is 62.8 Å². The lowest BCUT2D eigenvalue weighted by atomic mass is 10.0. The van der Waals surface area contributed by atoms with Crippen LogP contribution in [-0.4, -0.2) is 82.8 Å². The molecular formula is C20H35N5O. The van der Waals surface area contributed by atoms with E-state index in [4.69, 9.17) is 4.74 Å². The van der Waals surface area contributed by atoms with Crippen LogP contribution in [0.4, 0.5) is 0 Å². The van der Waals surface area contributed by atoms with Crippen LogP contribution in [0.15, 0.2) is 35.3 Å². The fourth-order valence-corrected chi connectivity index (χ4v) is 3.35. The molecule has 146 valence electrons. The van der Waals surface area contributed by atoms with Gasteiger partial charge >= 0.3 is 0 Å². The third-order valence-corrected chi connectivity index (χ3v) is 4.83. The van der Waals surface area contributed by atoms with E-state index in [-0.39, 0.29) is 0 Å². The van der Waals surface area contributed by atoms with Crippen molar-refractivity contribution < 1.29 is 4.74 Å². The first-order valence-corrected chi connectivity index (χ1v) is 9.65. The van der Waals surface area contributed by atoms with Crippen LogP contribution >= 0.6 is 0 Å². The highest BCUT2D eigenvalue weighted by atomic mass is 16.5. The lowest BCUT2D eigenvalue weighted by Gasteiger charge is -2.40. The topological polar surface area (TPSA) is 52.1 Å². The van der Waals surface area contributed by atoms with E-state index < -0.39 is 0 Å².